The van der Waals surface area contributed by atoms with Gasteiger partial charge in [0.2, 0.25) is 5.91 Å². The van der Waals surface area contributed by atoms with Gasteiger partial charge in [-0.15, -0.1) is 0 Å². The van der Waals surface area contributed by atoms with Crippen molar-refractivity contribution in [1.29, 1.82) is 0 Å². The zero-order chi connectivity index (χ0) is 18.4. The Morgan fingerprint density at radius 3 is 2.50 bits per heavy atom. The quantitative estimate of drug-likeness (QED) is 0.820. The summed E-state index contributed by atoms with van der Waals surface area (Å²) in [4.78, 5) is 28.5. The number of nitrogens with zero attached hydrogens (tertiary/aromatic N) is 2. The summed E-state index contributed by atoms with van der Waals surface area (Å²) in [6.07, 6.45) is 5.20. The lowest BCUT2D eigenvalue weighted by Crippen LogP contribution is -2.53. The Hall–Kier alpha value is -1.34. The molecule has 7 heteroatoms. The first-order chi connectivity index (χ1) is 12.6. The summed E-state index contributed by atoms with van der Waals surface area (Å²) in [7, 11) is 0. The SMILES string of the molecule is CCCNC(=O)N1CCC2(CC1)CC(CC(=O)N1CCOCC1)CCO2. The Kier molecular flexibility index (Phi) is 6.75. The second-order valence-electron chi connectivity index (χ2n) is 7.81. The van der Waals surface area contributed by atoms with Gasteiger partial charge in [-0.05, 0) is 38.0 Å². The highest BCUT2D eigenvalue weighted by Crippen LogP contribution is 2.39. The molecule has 0 aromatic rings. The average Bonchev–Trinajstić information content (AvgIpc) is 2.67. The normalized spacial score (nSPS) is 26.0. The van der Waals surface area contributed by atoms with E-state index in [-0.39, 0.29) is 17.5 Å². The molecule has 26 heavy (non-hydrogen) atoms. The van der Waals surface area contributed by atoms with E-state index in [9.17, 15) is 9.59 Å². The minimum atomic E-state index is -0.143. The molecule has 0 aromatic carbocycles. The van der Waals surface area contributed by atoms with Crippen molar-refractivity contribution in [2.75, 3.05) is 52.5 Å². The monoisotopic (exact) mass is 367 g/mol. The number of nitrogens with one attached hydrogen (secondary N) is 1. The minimum Gasteiger partial charge on any atom is -0.378 e. The molecule has 3 fully saturated rings. The number of carbonyl (C=O) groups is 2. The minimum absolute atomic E-state index is 0.0385. The van der Waals surface area contributed by atoms with E-state index < -0.39 is 0 Å². The summed E-state index contributed by atoms with van der Waals surface area (Å²) < 4.78 is 11.5. The van der Waals surface area contributed by atoms with Gasteiger partial charge in [-0.2, -0.15) is 0 Å². The predicted octanol–water partition coefficient (Wildman–Crippen LogP) is 1.62. The lowest BCUT2D eigenvalue weighted by molar-refractivity contribution is -0.143. The van der Waals surface area contributed by atoms with Gasteiger partial charge >= 0.3 is 6.03 Å². The van der Waals surface area contributed by atoms with E-state index >= 15 is 0 Å². The third-order valence-electron chi connectivity index (χ3n) is 5.91. The Balaban J connectivity index is 1.47. The smallest absolute Gasteiger partial charge is 0.317 e. The first kappa shape index (κ1) is 19.4. The highest BCUT2D eigenvalue weighted by atomic mass is 16.5. The van der Waals surface area contributed by atoms with E-state index in [1.165, 1.54) is 0 Å². The summed E-state index contributed by atoms with van der Waals surface area (Å²) in [5.74, 6) is 0.645. The summed E-state index contributed by atoms with van der Waals surface area (Å²) in [6.45, 7) is 7.72. The molecule has 1 N–H and O–H groups in total. The Morgan fingerprint density at radius 2 is 1.81 bits per heavy atom. The molecular weight excluding hydrogens is 334 g/mol. The largest absolute Gasteiger partial charge is 0.378 e. The van der Waals surface area contributed by atoms with Crippen molar-refractivity contribution in [2.45, 2.75) is 51.0 Å². The van der Waals surface area contributed by atoms with Crippen LogP contribution >= 0.6 is 0 Å². The standard InChI is InChI=1S/C19H33N3O4/c1-2-6-20-18(24)22-7-4-19(5-8-22)15-16(3-11-26-19)14-17(23)21-9-12-25-13-10-21/h16H,2-15H2,1H3,(H,20,24). The number of urea groups is 1. The van der Waals surface area contributed by atoms with Crippen LogP contribution in [0, 0.1) is 5.92 Å². The van der Waals surface area contributed by atoms with Crippen LogP contribution in [0.1, 0.15) is 45.4 Å². The van der Waals surface area contributed by atoms with E-state index in [0.717, 1.165) is 71.4 Å². The lowest BCUT2D eigenvalue weighted by atomic mass is 9.78. The maximum Gasteiger partial charge on any atom is 0.317 e. The maximum atomic E-state index is 12.5. The molecular formula is C19H33N3O4. The van der Waals surface area contributed by atoms with E-state index in [2.05, 4.69) is 12.2 Å². The number of hydrogen-bond acceptors (Lipinski definition) is 4. The molecule has 7 nitrogen and oxygen atoms in total. The van der Waals surface area contributed by atoms with Gasteiger partial charge in [0.25, 0.3) is 0 Å². The van der Waals surface area contributed by atoms with Crippen LogP contribution in [-0.4, -0.2) is 79.9 Å². The van der Waals surface area contributed by atoms with Crippen LogP contribution < -0.4 is 5.32 Å². The number of amides is 3. The number of rotatable bonds is 4. The first-order valence-electron chi connectivity index (χ1n) is 10.1. The van der Waals surface area contributed by atoms with Crippen LogP contribution in [0.3, 0.4) is 0 Å². The molecule has 3 aliphatic rings. The number of piperidine rings is 1. The van der Waals surface area contributed by atoms with Gasteiger partial charge in [0, 0.05) is 45.8 Å². The van der Waals surface area contributed by atoms with Crippen molar-refractivity contribution < 1.29 is 19.1 Å². The van der Waals surface area contributed by atoms with Crippen molar-refractivity contribution in [3.8, 4) is 0 Å². The van der Waals surface area contributed by atoms with E-state index in [4.69, 9.17) is 9.47 Å². The van der Waals surface area contributed by atoms with Crippen molar-refractivity contribution in [3.63, 3.8) is 0 Å². The molecule has 0 aromatic heterocycles. The number of morpholine rings is 1. The van der Waals surface area contributed by atoms with Gasteiger partial charge in [-0.1, -0.05) is 6.92 Å². The molecule has 0 bridgehead atoms. The number of likely N-dealkylation sites (tertiary alicyclic amines) is 1. The molecule has 3 saturated heterocycles. The molecule has 148 valence electrons. The fourth-order valence-electron chi connectivity index (χ4n) is 4.30. The average molecular weight is 367 g/mol. The topological polar surface area (TPSA) is 71.1 Å². The van der Waals surface area contributed by atoms with Crippen molar-refractivity contribution in [3.05, 3.63) is 0 Å². The molecule has 3 amide bonds. The van der Waals surface area contributed by atoms with Gasteiger partial charge in [0.05, 0.1) is 18.8 Å². The molecule has 1 atom stereocenters. The molecule has 1 spiro atoms. The van der Waals surface area contributed by atoms with Gasteiger partial charge in [-0.25, -0.2) is 4.79 Å². The van der Waals surface area contributed by atoms with E-state index in [1.807, 2.05) is 9.80 Å². The summed E-state index contributed by atoms with van der Waals surface area (Å²) in [5, 5.41) is 2.95. The van der Waals surface area contributed by atoms with Gasteiger partial charge < -0.3 is 24.6 Å². The van der Waals surface area contributed by atoms with Crippen LogP contribution in [0.4, 0.5) is 4.79 Å². The van der Waals surface area contributed by atoms with Crippen LogP contribution in [0.5, 0.6) is 0 Å². The van der Waals surface area contributed by atoms with Crippen molar-refractivity contribution in [1.82, 2.24) is 15.1 Å². The Labute approximate surface area is 156 Å². The van der Waals surface area contributed by atoms with Crippen molar-refractivity contribution >= 4 is 11.9 Å². The van der Waals surface area contributed by atoms with E-state index in [1.54, 1.807) is 0 Å². The third kappa shape index (κ3) is 4.88. The highest BCUT2D eigenvalue weighted by Gasteiger charge is 2.41. The van der Waals surface area contributed by atoms with E-state index in [0.29, 0.717) is 25.6 Å². The van der Waals surface area contributed by atoms with Crippen LogP contribution in [0.15, 0.2) is 0 Å². The molecule has 1 unspecified atom stereocenters. The summed E-state index contributed by atoms with van der Waals surface area (Å²) in [5.41, 5.74) is -0.143. The highest BCUT2D eigenvalue weighted by molar-refractivity contribution is 5.76. The van der Waals surface area contributed by atoms with Gasteiger partial charge in [0.1, 0.15) is 0 Å². The number of ether oxygens (including phenoxy) is 2. The fourth-order valence-corrected chi connectivity index (χ4v) is 4.30. The third-order valence-corrected chi connectivity index (χ3v) is 5.91. The van der Waals surface area contributed by atoms with Crippen LogP contribution in [0.25, 0.3) is 0 Å². The Morgan fingerprint density at radius 1 is 1.08 bits per heavy atom. The van der Waals surface area contributed by atoms with Crippen molar-refractivity contribution in [2.24, 2.45) is 5.92 Å². The van der Waals surface area contributed by atoms with Gasteiger partial charge in [-0.3, -0.25) is 4.79 Å². The molecule has 3 heterocycles. The first-order valence-corrected chi connectivity index (χ1v) is 10.1. The number of hydrogen-bond donors (Lipinski definition) is 1. The zero-order valence-electron chi connectivity index (χ0n) is 16.0. The summed E-state index contributed by atoms with van der Waals surface area (Å²) >= 11 is 0. The second kappa shape index (κ2) is 9.04. The molecule has 0 aliphatic carbocycles. The zero-order valence-corrected chi connectivity index (χ0v) is 16.0. The number of carbonyl (C=O) groups excluding carboxylic acids is 2. The molecule has 3 aliphatic heterocycles. The fraction of sp³-hybridized carbons (Fsp3) is 0.895. The molecule has 3 rings (SSSR count). The lowest BCUT2D eigenvalue weighted by Gasteiger charge is -2.46. The Bertz CT molecular complexity index is 485. The van der Waals surface area contributed by atoms with Gasteiger partial charge in [0.15, 0.2) is 0 Å². The second-order valence-corrected chi connectivity index (χ2v) is 7.81. The maximum absolute atomic E-state index is 12.5. The predicted molar refractivity (Wildman–Crippen MR) is 97.9 cm³/mol. The molecule has 0 radical (unpaired) electrons. The summed E-state index contributed by atoms with van der Waals surface area (Å²) in [6, 6.07) is 0.0385. The van der Waals surface area contributed by atoms with Crippen LogP contribution in [-0.2, 0) is 14.3 Å². The molecule has 0 saturated carbocycles. The van der Waals surface area contributed by atoms with Crippen LogP contribution in [0.2, 0.25) is 0 Å².